The first kappa shape index (κ1) is 8.14. The summed E-state index contributed by atoms with van der Waals surface area (Å²) in [5.41, 5.74) is 0. The van der Waals surface area contributed by atoms with Crippen molar-refractivity contribution < 1.29 is 13.9 Å². The predicted molar refractivity (Wildman–Crippen MR) is 39.4 cm³/mol. The molecule has 0 bridgehead atoms. The first-order valence-electron chi connectivity index (χ1n) is 3.12. The summed E-state index contributed by atoms with van der Waals surface area (Å²) in [6, 6.07) is 3.40. The van der Waals surface area contributed by atoms with Crippen LogP contribution < -0.4 is 0 Å². The van der Waals surface area contributed by atoms with Gasteiger partial charge in [-0.2, -0.15) is 0 Å². The van der Waals surface area contributed by atoms with Gasteiger partial charge in [-0.1, -0.05) is 0 Å². The van der Waals surface area contributed by atoms with Gasteiger partial charge in [-0.25, -0.2) is 0 Å². The van der Waals surface area contributed by atoms with Crippen LogP contribution in [0.15, 0.2) is 16.5 Å². The molecule has 11 heavy (non-hydrogen) atoms. The summed E-state index contributed by atoms with van der Waals surface area (Å²) < 4.78 is 9.46. The monoisotopic (exact) mass is 174 g/mol. The molecule has 1 heterocycles. The minimum Gasteiger partial charge on any atom is -0.467 e. The van der Waals surface area contributed by atoms with Gasteiger partial charge in [-0.05, 0) is 23.7 Å². The topological polar surface area (TPSA) is 39.4 Å². The molecule has 0 N–H and O–H groups in total. The van der Waals surface area contributed by atoms with E-state index >= 15 is 0 Å². The van der Waals surface area contributed by atoms with Gasteiger partial charge in [0.05, 0.1) is 6.61 Å². The van der Waals surface area contributed by atoms with Gasteiger partial charge in [-0.3, -0.25) is 4.79 Å². The Morgan fingerprint density at radius 3 is 3.00 bits per heavy atom. The number of halogens is 1. The molecule has 0 fully saturated rings. The summed E-state index contributed by atoms with van der Waals surface area (Å²) in [5.74, 6) is 0.719. The lowest BCUT2D eigenvalue weighted by atomic mass is 10.3. The van der Waals surface area contributed by atoms with Gasteiger partial charge in [0.2, 0.25) is 0 Å². The maximum Gasteiger partial charge on any atom is 0.293 e. The third kappa shape index (κ3) is 2.63. The summed E-state index contributed by atoms with van der Waals surface area (Å²) in [6.07, 6.45) is 0.561. The van der Waals surface area contributed by atoms with E-state index in [0.29, 0.717) is 24.7 Å². The molecule has 0 amide bonds. The van der Waals surface area contributed by atoms with Crippen molar-refractivity contribution in [2.75, 3.05) is 6.61 Å². The molecule has 0 saturated carbocycles. The Kier molecular flexibility index (Phi) is 2.98. The lowest BCUT2D eigenvalue weighted by Gasteiger charge is -1.93. The number of carbonyl (C=O) groups is 1. The summed E-state index contributed by atoms with van der Waals surface area (Å²) in [4.78, 5) is 9.72. The lowest BCUT2D eigenvalue weighted by Crippen LogP contribution is -1.94. The molecule has 0 aliphatic rings. The van der Waals surface area contributed by atoms with Gasteiger partial charge in [-0.15, -0.1) is 0 Å². The molecule has 0 aromatic carbocycles. The van der Waals surface area contributed by atoms with Gasteiger partial charge in [0.1, 0.15) is 5.76 Å². The molecular formula is C7H7ClO3. The number of carbonyl (C=O) groups excluding carboxylic acids is 1. The largest absolute Gasteiger partial charge is 0.467 e. The minimum atomic E-state index is 0.327. The highest BCUT2D eigenvalue weighted by atomic mass is 35.5. The standard InChI is InChI=1S/C7H7ClO3/c8-7-2-1-6(11-7)3-4-10-5-9/h1-2,5H,3-4H2. The van der Waals surface area contributed by atoms with Crippen molar-refractivity contribution in [3.63, 3.8) is 0 Å². The van der Waals surface area contributed by atoms with Crippen molar-refractivity contribution in [3.05, 3.63) is 23.1 Å². The third-order valence-electron chi connectivity index (χ3n) is 1.16. The Labute approximate surface area is 68.9 Å². The van der Waals surface area contributed by atoms with E-state index in [-0.39, 0.29) is 0 Å². The third-order valence-corrected chi connectivity index (χ3v) is 1.37. The molecule has 0 radical (unpaired) electrons. The van der Waals surface area contributed by atoms with Gasteiger partial charge in [0, 0.05) is 6.42 Å². The Bertz CT molecular complexity index is 231. The number of furan rings is 1. The van der Waals surface area contributed by atoms with Gasteiger partial charge in [0.25, 0.3) is 6.47 Å². The average Bonchev–Trinajstić information content (AvgIpc) is 2.37. The Balaban J connectivity index is 2.32. The normalized spacial score (nSPS) is 9.55. The van der Waals surface area contributed by atoms with Crippen molar-refractivity contribution >= 4 is 18.1 Å². The van der Waals surface area contributed by atoms with Gasteiger partial charge >= 0.3 is 0 Å². The molecule has 3 nitrogen and oxygen atoms in total. The second-order valence-corrected chi connectivity index (χ2v) is 2.30. The van der Waals surface area contributed by atoms with Crippen LogP contribution >= 0.6 is 11.6 Å². The fourth-order valence-corrected chi connectivity index (χ4v) is 0.856. The first-order valence-corrected chi connectivity index (χ1v) is 3.50. The van der Waals surface area contributed by atoms with Crippen LogP contribution in [-0.4, -0.2) is 13.1 Å². The zero-order valence-corrected chi connectivity index (χ0v) is 6.50. The fraction of sp³-hybridized carbons (Fsp3) is 0.286. The number of hydrogen-bond acceptors (Lipinski definition) is 3. The van der Waals surface area contributed by atoms with E-state index in [1.165, 1.54) is 0 Å². The van der Waals surface area contributed by atoms with Crippen molar-refractivity contribution in [1.29, 1.82) is 0 Å². The number of hydrogen-bond donors (Lipinski definition) is 0. The van der Waals surface area contributed by atoms with E-state index in [4.69, 9.17) is 16.0 Å². The molecule has 1 aromatic rings. The van der Waals surface area contributed by atoms with E-state index in [2.05, 4.69) is 4.74 Å². The summed E-state index contributed by atoms with van der Waals surface area (Å²) in [5, 5.41) is 0.353. The summed E-state index contributed by atoms with van der Waals surface area (Å²) in [7, 11) is 0. The molecule has 4 heteroatoms. The van der Waals surface area contributed by atoms with E-state index in [1.54, 1.807) is 12.1 Å². The maximum absolute atomic E-state index is 9.72. The maximum atomic E-state index is 9.72. The van der Waals surface area contributed by atoms with Crippen molar-refractivity contribution in [2.45, 2.75) is 6.42 Å². The second kappa shape index (κ2) is 4.03. The summed E-state index contributed by atoms with van der Waals surface area (Å²) >= 11 is 5.50. The SMILES string of the molecule is O=COCCc1ccc(Cl)o1. The van der Waals surface area contributed by atoms with Crippen molar-refractivity contribution in [3.8, 4) is 0 Å². The average molecular weight is 175 g/mol. The molecule has 1 rings (SSSR count). The highest BCUT2D eigenvalue weighted by molar-refractivity contribution is 6.28. The smallest absolute Gasteiger partial charge is 0.293 e. The van der Waals surface area contributed by atoms with Gasteiger partial charge < -0.3 is 9.15 Å². The molecule has 0 spiro atoms. The van der Waals surface area contributed by atoms with Crippen LogP contribution in [0.25, 0.3) is 0 Å². The molecule has 0 saturated heterocycles. The number of ether oxygens (including phenoxy) is 1. The van der Waals surface area contributed by atoms with E-state index in [1.807, 2.05) is 0 Å². The molecule has 0 atom stereocenters. The first-order chi connectivity index (χ1) is 5.33. The fourth-order valence-electron chi connectivity index (χ4n) is 0.694. The molecular weight excluding hydrogens is 168 g/mol. The molecule has 60 valence electrons. The zero-order chi connectivity index (χ0) is 8.10. The molecule has 0 unspecified atom stereocenters. The van der Waals surface area contributed by atoms with Gasteiger partial charge in [0.15, 0.2) is 5.22 Å². The van der Waals surface area contributed by atoms with E-state index in [9.17, 15) is 4.79 Å². The molecule has 0 aliphatic heterocycles. The Morgan fingerprint density at radius 1 is 1.64 bits per heavy atom. The van der Waals surface area contributed by atoms with Crippen LogP contribution in [0.3, 0.4) is 0 Å². The molecule has 1 aromatic heterocycles. The Hall–Kier alpha value is -0.960. The van der Waals surface area contributed by atoms with Crippen LogP contribution in [0.4, 0.5) is 0 Å². The molecule has 0 aliphatic carbocycles. The zero-order valence-electron chi connectivity index (χ0n) is 5.75. The van der Waals surface area contributed by atoms with Crippen LogP contribution in [0.1, 0.15) is 5.76 Å². The second-order valence-electron chi connectivity index (χ2n) is 1.92. The van der Waals surface area contributed by atoms with Crippen molar-refractivity contribution in [2.24, 2.45) is 0 Å². The number of rotatable bonds is 4. The van der Waals surface area contributed by atoms with Crippen LogP contribution in [-0.2, 0) is 16.0 Å². The van der Waals surface area contributed by atoms with Crippen LogP contribution in [0.2, 0.25) is 5.22 Å². The van der Waals surface area contributed by atoms with Crippen LogP contribution in [0, 0.1) is 0 Å². The van der Waals surface area contributed by atoms with Crippen LogP contribution in [0.5, 0.6) is 0 Å². The Morgan fingerprint density at radius 2 is 2.45 bits per heavy atom. The summed E-state index contributed by atoms with van der Waals surface area (Å²) in [6.45, 7) is 0.734. The highest BCUT2D eigenvalue weighted by Gasteiger charge is 1.98. The predicted octanol–water partition coefficient (Wildman–Crippen LogP) is 1.65. The minimum absolute atomic E-state index is 0.327. The van der Waals surface area contributed by atoms with Crippen molar-refractivity contribution in [1.82, 2.24) is 0 Å². The highest BCUT2D eigenvalue weighted by Crippen LogP contribution is 2.13. The lowest BCUT2D eigenvalue weighted by molar-refractivity contribution is -0.128. The van der Waals surface area contributed by atoms with E-state index < -0.39 is 0 Å². The van der Waals surface area contributed by atoms with E-state index in [0.717, 1.165) is 5.76 Å². The quantitative estimate of drug-likeness (QED) is 0.515.